The average molecular weight is 463 g/mol. The Morgan fingerprint density at radius 1 is 0.706 bits per heavy atom. The molecule has 0 aliphatic heterocycles. The van der Waals surface area contributed by atoms with E-state index in [9.17, 15) is 0 Å². The molecule has 1 heteroatoms. The molecule has 0 fully saturated rings. The first-order valence-electron chi connectivity index (χ1n) is 13.0. The van der Waals surface area contributed by atoms with Crippen molar-refractivity contribution in [1.29, 1.82) is 0 Å². The highest BCUT2D eigenvalue weighted by molar-refractivity contribution is 6.63. The van der Waals surface area contributed by atoms with Gasteiger partial charge in [-0.3, -0.25) is 0 Å². The molecular formula is C33H38Si. The first-order chi connectivity index (χ1) is 16.6. The minimum atomic E-state index is 0.713. The number of hydrogen-bond donors (Lipinski definition) is 0. The van der Waals surface area contributed by atoms with Gasteiger partial charge in [0.15, 0.2) is 0 Å². The fourth-order valence-electron chi connectivity index (χ4n) is 4.89. The van der Waals surface area contributed by atoms with E-state index in [1.54, 1.807) is 5.20 Å². The molecule has 1 aliphatic carbocycles. The Morgan fingerprint density at radius 2 is 1.29 bits per heavy atom. The minimum Gasteiger partial charge on any atom is -0.0725 e. The Hall–Kier alpha value is -2.64. The van der Waals surface area contributed by atoms with Crippen molar-refractivity contribution >= 4 is 14.7 Å². The van der Waals surface area contributed by atoms with Crippen LogP contribution in [0.5, 0.6) is 0 Å². The van der Waals surface area contributed by atoms with Gasteiger partial charge in [-0.2, -0.15) is 0 Å². The van der Waals surface area contributed by atoms with E-state index in [1.165, 1.54) is 88.2 Å². The lowest BCUT2D eigenvalue weighted by Crippen LogP contribution is -2.20. The third kappa shape index (κ3) is 5.88. The van der Waals surface area contributed by atoms with Crippen LogP contribution in [0.2, 0.25) is 0 Å². The van der Waals surface area contributed by atoms with Crippen LogP contribution in [0.4, 0.5) is 0 Å². The topological polar surface area (TPSA) is 0 Å². The monoisotopic (exact) mass is 462 g/mol. The van der Waals surface area contributed by atoms with E-state index in [0.29, 0.717) is 9.52 Å². The molecule has 0 spiro atoms. The highest BCUT2D eigenvalue weighted by Crippen LogP contribution is 2.33. The molecule has 34 heavy (non-hydrogen) atoms. The molecule has 0 heterocycles. The van der Waals surface area contributed by atoms with Gasteiger partial charge in [0.2, 0.25) is 0 Å². The molecule has 1 aliphatic rings. The van der Waals surface area contributed by atoms with Crippen LogP contribution < -0.4 is 5.19 Å². The lowest BCUT2D eigenvalue weighted by atomic mass is 9.92. The van der Waals surface area contributed by atoms with E-state index < -0.39 is 0 Å². The lowest BCUT2D eigenvalue weighted by molar-refractivity contribution is 0.795. The minimum absolute atomic E-state index is 0.713. The molecule has 4 rings (SSSR count). The number of allylic oxidation sites excluding steroid dienone is 4. The summed E-state index contributed by atoms with van der Waals surface area (Å²) in [5, 5.41) is 3.05. The number of aryl methyl sites for hydroxylation is 2. The van der Waals surface area contributed by atoms with Gasteiger partial charge < -0.3 is 0 Å². The van der Waals surface area contributed by atoms with Crippen molar-refractivity contribution in [1.82, 2.24) is 0 Å². The van der Waals surface area contributed by atoms with E-state index in [4.69, 9.17) is 0 Å². The molecule has 0 atom stereocenters. The Bertz CT molecular complexity index is 1160. The summed E-state index contributed by atoms with van der Waals surface area (Å²) in [6, 6.07) is 25.6. The van der Waals surface area contributed by atoms with Gasteiger partial charge in [-0.15, -0.1) is 0 Å². The van der Waals surface area contributed by atoms with Crippen molar-refractivity contribution in [3.63, 3.8) is 0 Å². The van der Waals surface area contributed by atoms with E-state index >= 15 is 0 Å². The maximum absolute atomic E-state index is 2.36. The third-order valence-electron chi connectivity index (χ3n) is 6.89. The van der Waals surface area contributed by atoms with E-state index in [-0.39, 0.29) is 0 Å². The second-order valence-electron chi connectivity index (χ2n) is 9.78. The van der Waals surface area contributed by atoms with Gasteiger partial charge >= 0.3 is 0 Å². The SMILES string of the molecule is CCCCc1ccc(-c2cccc([Si]C3=C(C)C=C(C)C3)c2-c2ccc(CCCC)cc2)cc1. The molecule has 3 aromatic carbocycles. The number of rotatable bonds is 10. The van der Waals surface area contributed by atoms with Gasteiger partial charge in [0, 0.05) is 0 Å². The molecule has 3 aromatic rings. The zero-order valence-corrected chi connectivity index (χ0v) is 22.4. The standard InChI is InChI=1S/C33H38Si/c1-5-7-10-26-14-18-28(19-15-26)30-12-9-13-31(34-32-23-24(3)22-25(32)4)33(30)29-20-16-27(17-21-29)11-8-6-2/h9,12-22H,5-8,10-11,23H2,1-4H3. The van der Waals surface area contributed by atoms with Crippen molar-refractivity contribution < 1.29 is 0 Å². The highest BCUT2D eigenvalue weighted by atomic mass is 28.2. The van der Waals surface area contributed by atoms with Crippen LogP contribution in [-0.2, 0) is 12.8 Å². The fraction of sp³-hybridized carbons (Fsp3) is 0.333. The van der Waals surface area contributed by atoms with Crippen molar-refractivity contribution in [2.45, 2.75) is 72.6 Å². The molecule has 0 bridgehead atoms. The van der Waals surface area contributed by atoms with Gasteiger partial charge in [-0.25, -0.2) is 0 Å². The van der Waals surface area contributed by atoms with Crippen LogP contribution >= 0.6 is 0 Å². The predicted octanol–water partition coefficient (Wildman–Crippen LogP) is 8.66. The van der Waals surface area contributed by atoms with Crippen LogP contribution in [-0.4, -0.2) is 9.52 Å². The second-order valence-corrected chi connectivity index (χ2v) is 11.2. The Labute approximate surface area is 209 Å². The van der Waals surface area contributed by atoms with E-state index in [0.717, 1.165) is 6.42 Å². The normalized spacial score (nSPS) is 13.5. The first-order valence-corrected chi connectivity index (χ1v) is 14.0. The molecule has 0 nitrogen and oxygen atoms in total. The predicted molar refractivity (Wildman–Crippen MR) is 151 cm³/mol. The largest absolute Gasteiger partial charge is 0.117 e. The van der Waals surface area contributed by atoms with E-state index in [2.05, 4.69) is 101 Å². The van der Waals surface area contributed by atoms with Gasteiger partial charge in [0.1, 0.15) is 9.52 Å². The summed E-state index contributed by atoms with van der Waals surface area (Å²) >= 11 is 0. The smallest absolute Gasteiger partial charge is 0.0725 e. The summed E-state index contributed by atoms with van der Waals surface area (Å²) in [5.41, 5.74) is 11.3. The quantitative estimate of drug-likeness (QED) is 0.264. The summed E-state index contributed by atoms with van der Waals surface area (Å²) in [7, 11) is 0.713. The van der Waals surface area contributed by atoms with Crippen molar-refractivity contribution in [2.75, 3.05) is 0 Å². The third-order valence-corrected chi connectivity index (χ3v) is 8.45. The zero-order valence-electron chi connectivity index (χ0n) is 21.4. The number of benzene rings is 3. The summed E-state index contributed by atoms with van der Waals surface area (Å²) in [6.45, 7) is 9.06. The Balaban J connectivity index is 1.74. The van der Waals surface area contributed by atoms with Crippen LogP contribution in [0.3, 0.4) is 0 Å². The van der Waals surface area contributed by atoms with Crippen LogP contribution in [0.15, 0.2) is 89.1 Å². The summed E-state index contributed by atoms with van der Waals surface area (Å²) < 4.78 is 0. The molecule has 2 radical (unpaired) electrons. The molecule has 0 aromatic heterocycles. The second kappa shape index (κ2) is 11.7. The Kier molecular flexibility index (Phi) is 8.40. The van der Waals surface area contributed by atoms with Crippen LogP contribution in [0.1, 0.15) is 70.9 Å². The maximum Gasteiger partial charge on any atom is 0.117 e. The van der Waals surface area contributed by atoms with Gasteiger partial charge in [0.25, 0.3) is 0 Å². The summed E-state index contributed by atoms with van der Waals surface area (Å²) in [6.07, 6.45) is 10.8. The fourth-order valence-corrected chi connectivity index (χ4v) is 6.44. The van der Waals surface area contributed by atoms with Crippen LogP contribution in [0.25, 0.3) is 22.3 Å². The molecule has 0 saturated heterocycles. The molecule has 0 N–H and O–H groups in total. The van der Waals surface area contributed by atoms with Gasteiger partial charge in [0.05, 0.1) is 0 Å². The van der Waals surface area contributed by atoms with Crippen LogP contribution in [0, 0.1) is 0 Å². The van der Waals surface area contributed by atoms with Crippen molar-refractivity contribution in [3.05, 3.63) is 100 Å². The highest BCUT2D eigenvalue weighted by Gasteiger charge is 2.17. The zero-order chi connectivity index (χ0) is 23.9. The molecule has 174 valence electrons. The molecule has 0 unspecified atom stereocenters. The molecule has 0 amide bonds. The van der Waals surface area contributed by atoms with Gasteiger partial charge in [-0.1, -0.05) is 121 Å². The van der Waals surface area contributed by atoms with Gasteiger partial charge in [-0.05, 0) is 79.3 Å². The number of unbranched alkanes of at least 4 members (excludes halogenated alkanes) is 2. The summed E-state index contributed by atoms with van der Waals surface area (Å²) in [5.74, 6) is 0. The maximum atomic E-state index is 2.36. The molecule has 0 saturated carbocycles. The van der Waals surface area contributed by atoms with Crippen molar-refractivity contribution in [2.24, 2.45) is 0 Å². The average Bonchev–Trinajstić information content (AvgIpc) is 3.18. The Morgan fingerprint density at radius 3 is 1.82 bits per heavy atom. The molecular weight excluding hydrogens is 424 g/mol. The van der Waals surface area contributed by atoms with Crippen molar-refractivity contribution in [3.8, 4) is 22.3 Å². The lowest BCUT2D eigenvalue weighted by Gasteiger charge is -2.17. The first kappa shape index (κ1) is 24.5. The summed E-state index contributed by atoms with van der Waals surface area (Å²) in [4.78, 5) is 0. The van der Waals surface area contributed by atoms with E-state index in [1.807, 2.05) is 0 Å². The number of hydrogen-bond acceptors (Lipinski definition) is 0.